The number of carbonyl (C=O) groups is 1. The van der Waals surface area contributed by atoms with Gasteiger partial charge < -0.3 is 19.9 Å². The molecule has 1 N–H and O–H groups in total. The Kier molecular flexibility index (Phi) is 6.92. The number of carbonyl (C=O) groups excluding carboxylic acids is 1. The highest BCUT2D eigenvalue weighted by Crippen LogP contribution is 2.17. The van der Waals surface area contributed by atoms with Gasteiger partial charge in [-0.1, -0.05) is 0 Å². The maximum atomic E-state index is 12.0. The van der Waals surface area contributed by atoms with Crippen LogP contribution < -0.4 is 5.32 Å². The number of nitrogens with zero attached hydrogens (tertiary/aromatic N) is 2. The maximum Gasteiger partial charge on any atom is 0.326 e. The fraction of sp³-hybridized carbons (Fsp3) is 0.933. The molecule has 1 aliphatic heterocycles. The summed E-state index contributed by atoms with van der Waals surface area (Å²) >= 11 is 0. The maximum absolute atomic E-state index is 12.0. The minimum absolute atomic E-state index is 0.156. The Morgan fingerprint density at radius 2 is 2.25 bits per heavy atom. The second kappa shape index (κ2) is 7.96. The molecular formula is C15H31N3O2. The van der Waals surface area contributed by atoms with Crippen molar-refractivity contribution in [2.75, 3.05) is 53.9 Å². The third kappa shape index (κ3) is 5.04. The van der Waals surface area contributed by atoms with E-state index in [1.807, 2.05) is 20.9 Å². The van der Waals surface area contributed by atoms with E-state index in [-0.39, 0.29) is 5.97 Å². The van der Waals surface area contributed by atoms with E-state index in [2.05, 4.69) is 29.2 Å². The third-order valence-corrected chi connectivity index (χ3v) is 4.33. The molecule has 2 atom stereocenters. The fourth-order valence-electron chi connectivity index (χ4n) is 2.74. The Morgan fingerprint density at radius 3 is 2.75 bits per heavy atom. The van der Waals surface area contributed by atoms with Gasteiger partial charge in [-0.3, -0.25) is 4.79 Å². The third-order valence-electron chi connectivity index (χ3n) is 4.33. The zero-order chi connectivity index (χ0) is 15.2. The van der Waals surface area contributed by atoms with Gasteiger partial charge in [-0.15, -0.1) is 0 Å². The van der Waals surface area contributed by atoms with Crippen molar-refractivity contribution in [3.05, 3.63) is 0 Å². The molecule has 0 spiro atoms. The number of hydrogen-bond acceptors (Lipinski definition) is 5. The zero-order valence-electron chi connectivity index (χ0n) is 13.7. The average Bonchev–Trinajstić information content (AvgIpc) is 2.81. The van der Waals surface area contributed by atoms with E-state index in [1.165, 1.54) is 19.5 Å². The van der Waals surface area contributed by atoms with Gasteiger partial charge in [0.05, 0.1) is 6.61 Å². The van der Waals surface area contributed by atoms with Crippen molar-refractivity contribution in [3.8, 4) is 0 Å². The van der Waals surface area contributed by atoms with Crippen molar-refractivity contribution in [2.45, 2.75) is 32.2 Å². The van der Waals surface area contributed by atoms with Crippen molar-refractivity contribution >= 4 is 5.97 Å². The van der Waals surface area contributed by atoms with Gasteiger partial charge in [0.15, 0.2) is 0 Å². The van der Waals surface area contributed by atoms with E-state index in [4.69, 9.17) is 4.74 Å². The van der Waals surface area contributed by atoms with Crippen molar-refractivity contribution < 1.29 is 9.53 Å². The van der Waals surface area contributed by atoms with Gasteiger partial charge in [0, 0.05) is 19.6 Å². The van der Waals surface area contributed by atoms with Crippen molar-refractivity contribution in [1.29, 1.82) is 0 Å². The SMILES string of the molecule is CCOC(=O)C(C)(CCN(C)CC1CCN(C)C1)NC. The van der Waals surface area contributed by atoms with Crippen LogP contribution >= 0.6 is 0 Å². The van der Waals surface area contributed by atoms with Crippen molar-refractivity contribution in [2.24, 2.45) is 5.92 Å². The molecule has 5 heteroatoms. The Morgan fingerprint density at radius 1 is 1.55 bits per heavy atom. The van der Waals surface area contributed by atoms with Gasteiger partial charge >= 0.3 is 5.97 Å². The second-order valence-electron chi connectivity index (χ2n) is 6.23. The normalized spacial score (nSPS) is 23.0. The first-order valence-electron chi connectivity index (χ1n) is 7.64. The first-order chi connectivity index (χ1) is 9.41. The van der Waals surface area contributed by atoms with Crippen LogP contribution in [0.15, 0.2) is 0 Å². The van der Waals surface area contributed by atoms with E-state index >= 15 is 0 Å². The van der Waals surface area contributed by atoms with Crippen LogP contribution in [0.5, 0.6) is 0 Å². The zero-order valence-corrected chi connectivity index (χ0v) is 13.7. The van der Waals surface area contributed by atoms with Crippen molar-refractivity contribution in [1.82, 2.24) is 15.1 Å². The fourth-order valence-corrected chi connectivity index (χ4v) is 2.74. The molecule has 1 heterocycles. The highest BCUT2D eigenvalue weighted by Gasteiger charge is 2.33. The molecular weight excluding hydrogens is 254 g/mol. The van der Waals surface area contributed by atoms with Crippen molar-refractivity contribution in [3.63, 3.8) is 0 Å². The lowest BCUT2D eigenvalue weighted by molar-refractivity contribution is -0.150. The van der Waals surface area contributed by atoms with E-state index in [0.29, 0.717) is 6.61 Å². The average molecular weight is 285 g/mol. The summed E-state index contributed by atoms with van der Waals surface area (Å²) in [5.74, 6) is 0.602. The van der Waals surface area contributed by atoms with Gasteiger partial charge in [0.2, 0.25) is 0 Å². The molecule has 2 unspecified atom stereocenters. The van der Waals surface area contributed by atoms with Gasteiger partial charge in [-0.2, -0.15) is 0 Å². The molecule has 1 saturated heterocycles. The van der Waals surface area contributed by atoms with Crippen LogP contribution in [-0.4, -0.2) is 75.2 Å². The molecule has 118 valence electrons. The highest BCUT2D eigenvalue weighted by atomic mass is 16.5. The number of likely N-dealkylation sites (N-methyl/N-ethyl adjacent to an activating group) is 1. The molecule has 20 heavy (non-hydrogen) atoms. The first-order valence-corrected chi connectivity index (χ1v) is 7.64. The Labute approximate surface area is 123 Å². The van der Waals surface area contributed by atoms with Crippen LogP contribution in [-0.2, 0) is 9.53 Å². The number of likely N-dealkylation sites (tertiary alicyclic amines) is 1. The second-order valence-corrected chi connectivity index (χ2v) is 6.23. The summed E-state index contributed by atoms with van der Waals surface area (Å²) in [6.45, 7) is 8.59. The molecule has 0 aromatic rings. The molecule has 0 radical (unpaired) electrons. The summed E-state index contributed by atoms with van der Waals surface area (Å²) in [4.78, 5) is 16.7. The lowest BCUT2D eigenvalue weighted by Gasteiger charge is -2.29. The summed E-state index contributed by atoms with van der Waals surface area (Å²) in [5.41, 5.74) is -0.587. The Bertz CT molecular complexity index is 311. The van der Waals surface area contributed by atoms with Crippen LogP contribution in [0.1, 0.15) is 26.7 Å². The van der Waals surface area contributed by atoms with Crippen LogP contribution in [0.2, 0.25) is 0 Å². The predicted molar refractivity (Wildman–Crippen MR) is 81.8 cm³/mol. The Balaban J connectivity index is 2.37. The lowest BCUT2D eigenvalue weighted by Crippen LogP contribution is -2.50. The van der Waals surface area contributed by atoms with Crippen LogP contribution in [0, 0.1) is 5.92 Å². The van der Waals surface area contributed by atoms with E-state index < -0.39 is 5.54 Å². The van der Waals surface area contributed by atoms with E-state index in [1.54, 1.807) is 0 Å². The molecule has 0 aliphatic carbocycles. The topological polar surface area (TPSA) is 44.8 Å². The number of nitrogens with one attached hydrogen (secondary N) is 1. The molecule has 0 aromatic carbocycles. The summed E-state index contributed by atoms with van der Waals surface area (Å²) in [7, 11) is 6.14. The molecule has 0 bridgehead atoms. The largest absolute Gasteiger partial charge is 0.465 e. The van der Waals surface area contributed by atoms with Crippen LogP contribution in [0.25, 0.3) is 0 Å². The van der Waals surface area contributed by atoms with E-state index in [0.717, 1.165) is 25.4 Å². The van der Waals surface area contributed by atoms with E-state index in [9.17, 15) is 4.79 Å². The molecule has 1 aliphatic rings. The molecule has 5 nitrogen and oxygen atoms in total. The van der Waals surface area contributed by atoms with Gasteiger partial charge in [0.1, 0.15) is 5.54 Å². The molecule has 1 rings (SSSR count). The van der Waals surface area contributed by atoms with Gasteiger partial charge in [-0.05, 0) is 60.3 Å². The van der Waals surface area contributed by atoms with Gasteiger partial charge in [0.25, 0.3) is 0 Å². The lowest BCUT2D eigenvalue weighted by atomic mass is 9.97. The van der Waals surface area contributed by atoms with Crippen LogP contribution in [0.4, 0.5) is 0 Å². The molecule has 0 amide bonds. The van der Waals surface area contributed by atoms with Gasteiger partial charge in [-0.25, -0.2) is 0 Å². The number of rotatable bonds is 8. The smallest absolute Gasteiger partial charge is 0.326 e. The number of ether oxygens (including phenoxy) is 1. The number of esters is 1. The predicted octanol–water partition coefficient (Wildman–Crippen LogP) is 0.801. The highest BCUT2D eigenvalue weighted by molar-refractivity contribution is 5.80. The Hall–Kier alpha value is -0.650. The monoisotopic (exact) mass is 285 g/mol. The van der Waals surface area contributed by atoms with Crippen LogP contribution in [0.3, 0.4) is 0 Å². The molecule has 0 aromatic heterocycles. The summed E-state index contributed by atoms with van der Waals surface area (Å²) in [6.07, 6.45) is 2.05. The minimum atomic E-state index is -0.587. The number of hydrogen-bond donors (Lipinski definition) is 1. The summed E-state index contributed by atoms with van der Waals surface area (Å²) in [5, 5.41) is 3.11. The summed E-state index contributed by atoms with van der Waals surface area (Å²) < 4.78 is 5.15. The summed E-state index contributed by atoms with van der Waals surface area (Å²) in [6, 6.07) is 0. The standard InChI is InChI=1S/C15H31N3O2/c1-6-20-14(19)15(2,16-3)8-10-18(5)12-13-7-9-17(4)11-13/h13,16H,6-12H2,1-5H3. The molecule has 0 saturated carbocycles. The molecule has 1 fully saturated rings. The minimum Gasteiger partial charge on any atom is -0.465 e. The first kappa shape index (κ1) is 17.4. The quantitative estimate of drug-likeness (QED) is 0.668.